The topological polar surface area (TPSA) is 116 Å². The quantitative estimate of drug-likeness (QED) is 0.676. The molecule has 2 aromatic heterocycles. The first-order valence-corrected chi connectivity index (χ1v) is 8.56. The predicted molar refractivity (Wildman–Crippen MR) is 83.9 cm³/mol. The Labute approximate surface area is 141 Å². The molecule has 0 spiro atoms. The minimum Gasteiger partial charge on any atom is -0.462 e. The van der Waals surface area contributed by atoms with E-state index < -0.39 is 32.7 Å². The fourth-order valence-corrected chi connectivity index (χ4v) is 2.98. The Balaban J connectivity index is 2.02. The van der Waals surface area contributed by atoms with Gasteiger partial charge in [-0.3, -0.25) is 4.72 Å². The van der Waals surface area contributed by atoms with Gasteiger partial charge in [-0.15, -0.1) is 5.10 Å². The van der Waals surface area contributed by atoms with E-state index in [1.807, 2.05) is 4.72 Å². The average Bonchev–Trinajstić information content (AvgIpc) is 3.02. The number of sulfonamides is 1. The van der Waals surface area contributed by atoms with E-state index >= 15 is 0 Å². The zero-order valence-electron chi connectivity index (χ0n) is 12.9. The molecule has 0 atom stereocenters. The standard InChI is InChI=1S/C14H12FN5O4S/c1-2-24-12(21)9-5-3-6-10(15)11(9)19-25(22,23)14-17-13-16-7-4-8-20(13)18-14/h3-8,19H,2H2,1H3. The Morgan fingerprint density at radius 1 is 1.36 bits per heavy atom. The molecule has 9 nitrogen and oxygen atoms in total. The van der Waals surface area contributed by atoms with Crippen molar-refractivity contribution in [3.05, 3.63) is 48.0 Å². The van der Waals surface area contributed by atoms with Gasteiger partial charge in [-0.25, -0.2) is 18.7 Å². The van der Waals surface area contributed by atoms with Crippen molar-refractivity contribution >= 4 is 27.5 Å². The van der Waals surface area contributed by atoms with Crippen LogP contribution in [0.2, 0.25) is 0 Å². The van der Waals surface area contributed by atoms with Gasteiger partial charge in [0, 0.05) is 12.4 Å². The van der Waals surface area contributed by atoms with Crippen LogP contribution >= 0.6 is 0 Å². The monoisotopic (exact) mass is 365 g/mol. The van der Waals surface area contributed by atoms with E-state index in [2.05, 4.69) is 15.1 Å². The van der Waals surface area contributed by atoms with Crippen LogP contribution in [0, 0.1) is 5.82 Å². The molecule has 0 radical (unpaired) electrons. The number of anilines is 1. The number of halogens is 1. The zero-order chi connectivity index (χ0) is 18.0. The molecule has 0 amide bonds. The SMILES string of the molecule is CCOC(=O)c1cccc(F)c1NS(=O)(=O)c1nc2ncccn2n1. The second-order valence-electron chi connectivity index (χ2n) is 4.75. The molecule has 11 heteroatoms. The number of carbonyl (C=O) groups excluding carboxylic acids is 1. The number of nitrogens with one attached hydrogen (secondary N) is 1. The minimum atomic E-state index is -4.35. The number of carbonyl (C=O) groups is 1. The van der Waals surface area contributed by atoms with Crippen molar-refractivity contribution in [1.29, 1.82) is 0 Å². The Hall–Kier alpha value is -3.08. The number of aromatic nitrogens is 4. The highest BCUT2D eigenvalue weighted by atomic mass is 32.2. The molecule has 3 rings (SSSR count). The van der Waals surface area contributed by atoms with Crippen LogP contribution in [-0.4, -0.2) is 40.6 Å². The van der Waals surface area contributed by atoms with Crippen LogP contribution in [-0.2, 0) is 14.8 Å². The molecule has 25 heavy (non-hydrogen) atoms. The third kappa shape index (κ3) is 3.26. The highest BCUT2D eigenvalue weighted by Crippen LogP contribution is 2.23. The molecule has 0 aliphatic heterocycles. The Morgan fingerprint density at radius 2 is 2.16 bits per heavy atom. The van der Waals surface area contributed by atoms with E-state index in [9.17, 15) is 17.6 Å². The summed E-state index contributed by atoms with van der Waals surface area (Å²) in [5.41, 5.74) is -0.792. The van der Waals surface area contributed by atoms with Gasteiger partial charge in [0.1, 0.15) is 5.82 Å². The van der Waals surface area contributed by atoms with Crippen LogP contribution in [0.4, 0.5) is 10.1 Å². The van der Waals surface area contributed by atoms with Crippen LogP contribution in [0.1, 0.15) is 17.3 Å². The van der Waals surface area contributed by atoms with Gasteiger partial charge in [0.05, 0.1) is 17.9 Å². The molecule has 0 fully saturated rings. The first-order valence-electron chi connectivity index (χ1n) is 7.08. The number of hydrogen-bond acceptors (Lipinski definition) is 7. The molecule has 0 unspecified atom stereocenters. The summed E-state index contributed by atoms with van der Waals surface area (Å²) >= 11 is 0. The van der Waals surface area contributed by atoms with E-state index in [-0.39, 0.29) is 17.9 Å². The van der Waals surface area contributed by atoms with Gasteiger partial charge in [-0.05, 0) is 25.1 Å². The lowest BCUT2D eigenvalue weighted by molar-refractivity contribution is 0.0527. The van der Waals surface area contributed by atoms with Gasteiger partial charge in [0.25, 0.3) is 21.0 Å². The number of ether oxygens (including phenoxy) is 1. The van der Waals surface area contributed by atoms with Crippen molar-refractivity contribution < 1.29 is 22.3 Å². The summed E-state index contributed by atoms with van der Waals surface area (Å²) in [6, 6.07) is 5.07. The summed E-state index contributed by atoms with van der Waals surface area (Å²) in [5.74, 6) is -1.73. The van der Waals surface area contributed by atoms with Gasteiger partial charge in [-0.2, -0.15) is 13.4 Å². The fraction of sp³-hybridized carbons (Fsp3) is 0.143. The summed E-state index contributed by atoms with van der Waals surface area (Å²) in [6.07, 6.45) is 2.88. The number of fused-ring (bicyclic) bond motifs is 1. The van der Waals surface area contributed by atoms with Gasteiger partial charge < -0.3 is 4.74 Å². The molecular weight excluding hydrogens is 353 g/mol. The summed E-state index contributed by atoms with van der Waals surface area (Å²) < 4.78 is 47.0. The number of esters is 1. The summed E-state index contributed by atoms with van der Waals surface area (Å²) in [4.78, 5) is 19.5. The molecule has 1 aromatic carbocycles. The smallest absolute Gasteiger partial charge is 0.340 e. The summed E-state index contributed by atoms with van der Waals surface area (Å²) in [6.45, 7) is 1.63. The van der Waals surface area contributed by atoms with E-state index in [1.165, 1.54) is 24.5 Å². The maximum atomic E-state index is 14.1. The molecule has 0 saturated carbocycles. The van der Waals surface area contributed by atoms with Gasteiger partial charge in [0.2, 0.25) is 0 Å². The lowest BCUT2D eigenvalue weighted by Gasteiger charge is -2.11. The maximum absolute atomic E-state index is 14.1. The van der Waals surface area contributed by atoms with E-state index in [0.29, 0.717) is 0 Å². The number of nitrogens with zero attached hydrogens (tertiary/aromatic N) is 4. The lowest BCUT2D eigenvalue weighted by atomic mass is 10.2. The second-order valence-corrected chi connectivity index (χ2v) is 6.32. The first-order chi connectivity index (χ1) is 11.9. The van der Waals surface area contributed by atoms with Crippen molar-refractivity contribution in [2.75, 3.05) is 11.3 Å². The second kappa shape index (κ2) is 6.43. The normalized spacial score (nSPS) is 11.4. The Morgan fingerprint density at radius 3 is 2.88 bits per heavy atom. The molecule has 0 aliphatic carbocycles. The van der Waals surface area contributed by atoms with Crippen molar-refractivity contribution in [2.45, 2.75) is 12.1 Å². The lowest BCUT2D eigenvalue weighted by Crippen LogP contribution is -2.19. The molecule has 0 saturated heterocycles. The number of para-hydroxylation sites is 1. The van der Waals surface area contributed by atoms with Crippen molar-refractivity contribution in [1.82, 2.24) is 19.6 Å². The van der Waals surface area contributed by atoms with Crippen molar-refractivity contribution in [2.24, 2.45) is 0 Å². The number of benzene rings is 1. The van der Waals surface area contributed by atoms with Crippen LogP contribution in [0.25, 0.3) is 5.78 Å². The van der Waals surface area contributed by atoms with Crippen LogP contribution in [0.15, 0.2) is 41.8 Å². The van der Waals surface area contributed by atoms with Gasteiger partial charge in [-0.1, -0.05) is 6.07 Å². The van der Waals surface area contributed by atoms with Crippen molar-refractivity contribution in [3.63, 3.8) is 0 Å². The largest absolute Gasteiger partial charge is 0.462 e. The summed E-state index contributed by atoms with van der Waals surface area (Å²) in [7, 11) is -4.35. The molecule has 0 bridgehead atoms. The summed E-state index contributed by atoms with van der Waals surface area (Å²) in [5, 5.41) is 3.17. The van der Waals surface area contributed by atoms with Crippen LogP contribution < -0.4 is 4.72 Å². The highest BCUT2D eigenvalue weighted by Gasteiger charge is 2.26. The van der Waals surface area contributed by atoms with E-state index in [0.717, 1.165) is 10.6 Å². The van der Waals surface area contributed by atoms with Crippen molar-refractivity contribution in [3.8, 4) is 0 Å². The molecular formula is C14H12FN5O4S. The average molecular weight is 365 g/mol. The van der Waals surface area contributed by atoms with Crippen LogP contribution in [0.3, 0.4) is 0 Å². The Bertz CT molecular complexity index is 1020. The molecule has 2 heterocycles. The fourth-order valence-electron chi connectivity index (χ4n) is 2.01. The minimum absolute atomic E-state index is 0.0567. The molecule has 130 valence electrons. The Kier molecular flexibility index (Phi) is 4.31. The maximum Gasteiger partial charge on any atom is 0.340 e. The molecule has 1 N–H and O–H groups in total. The third-order valence-corrected chi connectivity index (χ3v) is 4.21. The predicted octanol–water partition coefficient (Wildman–Crippen LogP) is 1.24. The molecule has 3 aromatic rings. The highest BCUT2D eigenvalue weighted by molar-refractivity contribution is 7.92. The van der Waals surface area contributed by atoms with E-state index in [1.54, 1.807) is 13.0 Å². The number of hydrogen-bond donors (Lipinski definition) is 1. The molecule has 0 aliphatic rings. The zero-order valence-corrected chi connectivity index (χ0v) is 13.7. The van der Waals surface area contributed by atoms with Gasteiger partial charge in [0.15, 0.2) is 0 Å². The van der Waals surface area contributed by atoms with E-state index in [4.69, 9.17) is 4.74 Å². The third-order valence-electron chi connectivity index (χ3n) is 3.08. The van der Waals surface area contributed by atoms with Gasteiger partial charge >= 0.3 is 5.97 Å². The number of rotatable bonds is 5. The van der Waals surface area contributed by atoms with Crippen LogP contribution in [0.5, 0.6) is 0 Å². The first kappa shape index (κ1) is 16.8.